The van der Waals surface area contributed by atoms with Crippen LogP contribution >= 0.6 is 11.6 Å². The normalized spacial score (nSPS) is 20.3. The number of aromatic nitrogens is 1. The summed E-state index contributed by atoms with van der Waals surface area (Å²) >= 11 is 6.53. The first kappa shape index (κ1) is 28.1. The number of nitrogens with zero attached hydrogens (tertiary/aromatic N) is 4. The number of hydrogen-bond donors (Lipinski definition) is 0. The number of fused-ring (bicyclic) bond motifs is 2. The maximum Gasteiger partial charge on any atom is 0.416 e. The third-order valence-corrected chi connectivity index (χ3v) is 7.40. The fraction of sp³-hybridized carbons (Fsp3) is 0.458. The van der Waals surface area contributed by atoms with Crippen molar-refractivity contribution >= 4 is 50.7 Å². The van der Waals surface area contributed by atoms with Crippen molar-refractivity contribution in [2.24, 2.45) is 5.92 Å². The van der Waals surface area contributed by atoms with Gasteiger partial charge < -0.3 is 9.80 Å². The number of hydrogen-bond acceptors (Lipinski definition) is 7. The second-order valence-corrected chi connectivity index (χ2v) is 11.4. The van der Waals surface area contributed by atoms with Gasteiger partial charge in [0.25, 0.3) is 10.1 Å². The number of amides is 2. The van der Waals surface area contributed by atoms with E-state index in [-0.39, 0.29) is 37.6 Å². The van der Waals surface area contributed by atoms with Crippen molar-refractivity contribution in [2.45, 2.75) is 32.0 Å². The fourth-order valence-electron chi connectivity index (χ4n) is 4.93. The molecule has 2 atom stereocenters. The van der Waals surface area contributed by atoms with Gasteiger partial charge in [0.1, 0.15) is 11.9 Å². The fourth-order valence-corrected chi connectivity index (χ4v) is 5.64. The van der Waals surface area contributed by atoms with Gasteiger partial charge in [-0.15, -0.1) is 0 Å². The minimum atomic E-state index is -4.66. The number of rotatable bonds is 6. The minimum Gasteiger partial charge on any atom is -0.368 e. The number of carbonyl (C=O) groups excluding carboxylic acids is 2. The van der Waals surface area contributed by atoms with Gasteiger partial charge >= 0.3 is 6.18 Å². The minimum absolute atomic E-state index is 0.0577. The Bertz CT molecular complexity index is 1370. The zero-order valence-electron chi connectivity index (χ0n) is 20.8. The molecule has 1 aromatic carbocycles. The lowest BCUT2D eigenvalue weighted by molar-refractivity contribution is -0.137. The van der Waals surface area contributed by atoms with Gasteiger partial charge in [0, 0.05) is 38.2 Å². The summed E-state index contributed by atoms with van der Waals surface area (Å²) in [7, 11) is -2.13. The summed E-state index contributed by atoms with van der Waals surface area (Å²) in [6.07, 6.45) is -3.52. The van der Waals surface area contributed by atoms with Gasteiger partial charge in [0.2, 0.25) is 11.8 Å². The summed E-state index contributed by atoms with van der Waals surface area (Å²) in [5, 5.41) is 0.348. The molecule has 0 unspecified atom stereocenters. The van der Waals surface area contributed by atoms with Crippen molar-refractivity contribution < 1.29 is 35.4 Å². The molecular weight excluding hydrogens is 549 g/mol. The van der Waals surface area contributed by atoms with E-state index in [1.807, 2.05) is 4.90 Å². The Hall–Kier alpha value is -2.90. The molecule has 2 aliphatic heterocycles. The van der Waals surface area contributed by atoms with Crippen molar-refractivity contribution in [2.75, 3.05) is 47.7 Å². The molecule has 1 fully saturated rings. The van der Waals surface area contributed by atoms with Crippen LogP contribution < -0.4 is 14.7 Å². The lowest BCUT2D eigenvalue weighted by atomic mass is 9.95. The van der Waals surface area contributed by atoms with Gasteiger partial charge in [0.15, 0.2) is 0 Å². The summed E-state index contributed by atoms with van der Waals surface area (Å²) in [4.78, 5) is 35.4. The summed E-state index contributed by atoms with van der Waals surface area (Å²) < 4.78 is 68.1. The summed E-state index contributed by atoms with van der Waals surface area (Å²) in [5.74, 6) is -1.85. The second-order valence-electron chi connectivity index (χ2n) is 9.36. The van der Waals surface area contributed by atoms with Crippen molar-refractivity contribution in [3.05, 3.63) is 46.6 Å². The van der Waals surface area contributed by atoms with E-state index in [4.69, 9.17) is 15.8 Å². The van der Waals surface area contributed by atoms with Gasteiger partial charge in [0.05, 0.1) is 34.8 Å². The molecule has 0 saturated carbocycles. The van der Waals surface area contributed by atoms with Gasteiger partial charge in [-0.1, -0.05) is 17.7 Å². The highest BCUT2D eigenvalue weighted by molar-refractivity contribution is 7.85. The number of alkyl halides is 3. The van der Waals surface area contributed by atoms with E-state index in [1.54, 1.807) is 18.2 Å². The largest absolute Gasteiger partial charge is 0.416 e. The predicted molar refractivity (Wildman–Crippen MR) is 136 cm³/mol. The summed E-state index contributed by atoms with van der Waals surface area (Å²) in [5.41, 5.74) is 0.0640. The van der Waals surface area contributed by atoms with E-state index < -0.39 is 45.6 Å². The van der Waals surface area contributed by atoms with Crippen LogP contribution in [0.4, 0.5) is 30.4 Å². The zero-order chi connectivity index (χ0) is 28.0. The van der Waals surface area contributed by atoms with Crippen molar-refractivity contribution in [1.82, 2.24) is 4.98 Å². The van der Waals surface area contributed by atoms with Crippen LogP contribution in [0.2, 0.25) is 5.02 Å². The molecule has 38 heavy (non-hydrogen) atoms. The van der Waals surface area contributed by atoms with Gasteiger partial charge in [-0.25, -0.2) is 4.98 Å². The van der Waals surface area contributed by atoms with Crippen LogP contribution in [0.25, 0.3) is 0 Å². The number of benzene rings is 1. The Kier molecular flexibility index (Phi) is 7.65. The molecule has 4 rings (SSSR count). The Morgan fingerprint density at radius 1 is 1.21 bits per heavy atom. The monoisotopic (exact) mass is 574 g/mol. The first-order valence-electron chi connectivity index (χ1n) is 11.7. The van der Waals surface area contributed by atoms with Gasteiger partial charge in [-0.3, -0.25) is 18.7 Å². The highest BCUT2D eigenvalue weighted by Gasteiger charge is 2.49. The van der Waals surface area contributed by atoms with Crippen LogP contribution in [0.3, 0.4) is 0 Å². The van der Waals surface area contributed by atoms with Crippen LogP contribution in [0.1, 0.15) is 24.1 Å². The number of carbonyl (C=O) groups is 2. The topological polar surface area (TPSA) is 100 Å². The van der Waals surface area contributed by atoms with Crippen molar-refractivity contribution in [3.8, 4) is 0 Å². The summed E-state index contributed by atoms with van der Waals surface area (Å²) in [6, 6.07) is 5.54. The number of para-hydroxylation sites is 1. The molecule has 1 saturated heterocycles. The molecule has 0 N–H and O–H groups in total. The van der Waals surface area contributed by atoms with E-state index >= 15 is 0 Å². The molecule has 14 heteroatoms. The smallest absolute Gasteiger partial charge is 0.368 e. The maximum atomic E-state index is 13.8. The number of anilines is 3. The number of aryl methyl sites for hydroxylation is 1. The number of halogens is 4. The van der Waals surface area contributed by atoms with Gasteiger partial charge in [-0.2, -0.15) is 21.6 Å². The SMILES string of the molecule is Cc1cc(C(F)(F)F)cc(N2C(=O)C[C@@H]3CN(CCCOS(C)(=O)=O)c4c(Cl)cccc4N(C)C(=O)[C@H]32)n1. The first-order valence-corrected chi connectivity index (χ1v) is 13.9. The first-order chi connectivity index (χ1) is 17.7. The highest BCUT2D eigenvalue weighted by Crippen LogP contribution is 2.43. The Labute approximate surface area is 223 Å². The van der Waals surface area contributed by atoms with Crippen LogP contribution in [-0.4, -0.2) is 64.3 Å². The lowest BCUT2D eigenvalue weighted by Gasteiger charge is -2.39. The quantitative estimate of drug-likeness (QED) is 0.384. The van der Waals surface area contributed by atoms with Crippen molar-refractivity contribution in [3.63, 3.8) is 0 Å². The predicted octanol–water partition coefficient (Wildman–Crippen LogP) is 3.63. The maximum absolute atomic E-state index is 13.8. The molecular formula is C24H26ClF3N4O5S. The molecule has 2 aromatic rings. The molecule has 9 nitrogen and oxygen atoms in total. The van der Waals surface area contributed by atoms with E-state index in [1.165, 1.54) is 18.9 Å². The Morgan fingerprint density at radius 3 is 2.58 bits per heavy atom. The second kappa shape index (κ2) is 10.3. The molecule has 0 bridgehead atoms. The van der Waals surface area contributed by atoms with E-state index in [2.05, 4.69) is 4.98 Å². The standard InChI is InChI=1S/C24H26ClF3N4O5S/c1-14-10-16(24(26,27)28)12-19(29-14)32-20(33)11-15-13-31(8-5-9-37-38(3,35)36)22-17(25)6-4-7-18(22)30(2)23(34)21(15)32/h4,6-7,10,12,15,21H,5,8-9,11,13H2,1-3H3/t15-,21+/m1/s1. The Morgan fingerprint density at radius 2 is 1.92 bits per heavy atom. The molecule has 0 spiro atoms. The molecule has 206 valence electrons. The molecule has 2 amide bonds. The number of likely N-dealkylation sites (N-methyl/N-ethyl adjacent to an activating group) is 1. The zero-order valence-corrected chi connectivity index (χ0v) is 22.4. The number of pyridine rings is 1. The molecule has 0 aliphatic carbocycles. The molecule has 1 aromatic heterocycles. The average molecular weight is 575 g/mol. The van der Waals surface area contributed by atoms with E-state index in [0.717, 1.165) is 23.3 Å². The Balaban J connectivity index is 1.75. The molecule has 0 radical (unpaired) electrons. The lowest BCUT2D eigenvalue weighted by Crippen LogP contribution is -2.52. The van der Waals surface area contributed by atoms with Crippen LogP contribution in [0.5, 0.6) is 0 Å². The van der Waals surface area contributed by atoms with E-state index in [9.17, 15) is 31.2 Å². The molecule has 3 heterocycles. The average Bonchev–Trinajstić information content (AvgIpc) is 3.13. The highest BCUT2D eigenvalue weighted by atomic mass is 35.5. The third-order valence-electron chi connectivity index (χ3n) is 6.50. The van der Waals surface area contributed by atoms with Gasteiger partial charge in [-0.05, 0) is 37.6 Å². The van der Waals surface area contributed by atoms with Crippen LogP contribution in [-0.2, 0) is 30.1 Å². The molecule has 2 aliphatic rings. The third kappa shape index (κ3) is 5.74. The van der Waals surface area contributed by atoms with Crippen LogP contribution in [0, 0.1) is 12.8 Å². The summed E-state index contributed by atoms with van der Waals surface area (Å²) in [6.45, 7) is 1.75. The van der Waals surface area contributed by atoms with Crippen LogP contribution in [0.15, 0.2) is 30.3 Å². The van der Waals surface area contributed by atoms with E-state index in [0.29, 0.717) is 22.8 Å². The van der Waals surface area contributed by atoms with Crippen molar-refractivity contribution in [1.29, 1.82) is 0 Å².